The lowest BCUT2D eigenvalue weighted by atomic mass is 10.0. The van der Waals surface area contributed by atoms with Crippen LogP contribution in [-0.2, 0) is 6.54 Å². The number of rotatable bonds is 6. The first-order valence-electron chi connectivity index (χ1n) is 11.2. The van der Waals surface area contributed by atoms with Gasteiger partial charge in [0.25, 0.3) is 0 Å². The number of hydrogen-bond acceptors (Lipinski definition) is 5. The highest BCUT2D eigenvalue weighted by Gasteiger charge is 2.24. The Morgan fingerprint density at radius 2 is 1.60 bits per heavy atom. The summed E-state index contributed by atoms with van der Waals surface area (Å²) in [6.45, 7) is 0.610. The number of anilines is 1. The molecule has 176 valence electrons. The van der Waals surface area contributed by atoms with E-state index < -0.39 is 11.6 Å². The van der Waals surface area contributed by atoms with Gasteiger partial charge in [0, 0.05) is 43.5 Å². The van der Waals surface area contributed by atoms with Gasteiger partial charge in [0.05, 0.1) is 11.6 Å². The second kappa shape index (κ2) is 9.88. The number of nitrogens with zero attached hydrogens (tertiary/aromatic N) is 5. The lowest BCUT2D eigenvalue weighted by molar-refractivity contribution is 0.578. The van der Waals surface area contributed by atoms with Crippen LogP contribution in [0.25, 0.3) is 11.1 Å². The predicted molar refractivity (Wildman–Crippen MR) is 134 cm³/mol. The molecule has 0 amide bonds. The molecule has 0 bridgehead atoms. The third-order valence-corrected chi connectivity index (χ3v) is 6.26. The molecule has 5 rings (SSSR count). The molecule has 1 atom stereocenters. The van der Waals surface area contributed by atoms with E-state index in [1.54, 1.807) is 24.7 Å². The summed E-state index contributed by atoms with van der Waals surface area (Å²) in [5.41, 5.74) is 4.36. The molecule has 0 fully saturated rings. The Morgan fingerprint density at radius 3 is 2.26 bits per heavy atom. The molecule has 3 heterocycles. The average Bonchev–Trinajstić information content (AvgIpc) is 3.35. The number of halogens is 3. The Morgan fingerprint density at radius 1 is 0.886 bits per heavy atom. The van der Waals surface area contributed by atoms with Crippen molar-refractivity contribution in [3.8, 4) is 11.1 Å². The third kappa shape index (κ3) is 5.05. The Hall–Kier alpha value is -3.71. The highest BCUT2D eigenvalue weighted by Crippen LogP contribution is 2.33. The van der Waals surface area contributed by atoms with Gasteiger partial charge >= 0.3 is 0 Å². The van der Waals surface area contributed by atoms with E-state index in [1.807, 2.05) is 42.3 Å². The zero-order chi connectivity index (χ0) is 24.4. The van der Waals surface area contributed by atoms with Gasteiger partial charge in [-0.25, -0.2) is 23.7 Å². The van der Waals surface area contributed by atoms with E-state index >= 15 is 0 Å². The van der Waals surface area contributed by atoms with E-state index in [9.17, 15) is 8.78 Å². The number of aromatic nitrogens is 3. The maximum Gasteiger partial charge on any atom is 0.225 e. The normalized spacial score (nSPS) is 15.2. The van der Waals surface area contributed by atoms with E-state index in [0.717, 1.165) is 28.7 Å². The standard InChI is InChI=1S/C27H22ClF2N5/c1-35(16-17-5-12-25(28)31-13-17)27-32-14-20(15-33-27)18-6-8-19(9-7-18)23-10-11-24(34-23)26-21(29)3-2-4-22(26)30/h2-9,12-15,23H,10-11,16H2,1H3. The molecule has 5 nitrogen and oxygen atoms in total. The predicted octanol–water partition coefficient (Wildman–Crippen LogP) is 6.43. The summed E-state index contributed by atoms with van der Waals surface area (Å²) < 4.78 is 28.3. The second-order valence-electron chi connectivity index (χ2n) is 8.47. The van der Waals surface area contributed by atoms with Crippen molar-refractivity contribution in [3.05, 3.63) is 107 Å². The summed E-state index contributed by atoms with van der Waals surface area (Å²) in [6, 6.07) is 15.4. The molecule has 1 aliphatic heterocycles. The van der Waals surface area contributed by atoms with Crippen LogP contribution in [0.4, 0.5) is 14.7 Å². The lowest BCUT2D eigenvalue weighted by Crippen LogP contribution is -2.19. The van der Waals surface area contributed by atoms with Crippen molar-refractivity contribution in [2.75, 3.05) is 11.9 Å². The molecule has 0 radical (unpaired) electrons. The minimum absolute atomic E-state index is 0.0128. The fourth-order valence-corrected chi connectivity index (χ4v) is 4.32. The zero-order valence-corrected chi connectivity index (χ0v) is 19.8. The van der Waals surface area contributed by atoms with Gasteiger partial charge in [-0.2, -0.15) is 0 Å². The van der Waals surface area contributed by atoms with Gasteiger partial charge < -0.3 is 4.90 Å². The minimum atomic E-state index is -0.571. The van der Waals surface area contributed by atoms with Crippen LogP contribution in [0, 0.1) is 11.6 Å². The van der Waals surface area contributed by atoms with Crippen molar-refractivity contribution in [1.29, 1.82) is 0 Å². The van der Waals surface area contributed by atoms with Crippen molar-refractivity contribution in [1.82, 2.24) is 15.0 Å². The Kier molecular flexibility index (Phi) is 6.51. The van der Waals surface area contributed by atoms with E-state index in [2.05, 4.69) is 19.9 Å². The first-order chi connectivity index (χ1) is 17.0. The molecule has 2 aromatic carbocycles. The van der Waals surface area contributed by atoms with E-state index in [0.29, 0.717) is 29.8 Å². The molecular weight excluding hydrogens is 468 g/mol. The smallest absolute Gasteiger partial charge is 0.225 e. The van der Waals surface area contributed by atoms with Crippen molar-refractivity contribution in [2.24, 2.45) is 4.99 Å². The summed E-state index contributed by atoms with van der Waals surface area (Å²) in [5, 5.41) is 0.460. The summed E-state index contributed by atoms with van der Waals surface area (Å²) >= 11 is 5.85. The molecular formula is C27H22ClF2N5. The molecule has 4 aromatic rings. The van der Waals surface area contributed by atoms with Crippen LogP contribution < -0.4 is 4.90 Å². The largest absolute Gasteiger partial charge is 0.340 e. The van der Waals surface area contributed by atoms with Gasteiger partial charge in [-0.05, 0) is 47.7 Å². The topological polar surface area (TPSA) is 54.3 Å². The maximum absolute atomic E-state index is 14.1. The summed E-state index contributed by atoms with van der Waals surface area (Å²) in [7, 11) is 1.92. The zero-order valence-electron chi connectivity index (χ0n) is 19.0. The van der Waals surface area contributed by atoms with Crippen LogP contribution in [0.2, 0.25) is 5.15 Å². The molecule has 0 aliphatic carbocycles. The minimum Gasteiger partial charge on any atom is -0.340 e. The van der Waals surface area contributed by atoms with Crippen molar-refractivity contribution in [2.45, 2.75) is 25.4 Å². The van der Waals surface area contributed by atoms with Crippen molar-refractivity contribution >= 4 is 23.3 Å². The van der Waals surface area contributed by atoms with Gasteiger partial charge in [-0.3, -0.25) is 4.99 Å². The first-order valence-corrected chi connectivity index (χ1v) is 11.6. The van der Waals surface area contributed by atoms with Crippen LogP contribution in [-0.4, -0.2) is 27.7 Å². The first kappa shape index (κ1) is 23.1. The molecule has 0 N–H and O–H groups in total. The second-order valence-corrected chi connectivity index (χ2v) is 8.85. The fourth-order valence-electron chi connectivity index (χ4n) is 4.20. The Labute approximate surface area is 207 Å². The quantitative estimate of drug-likeness (QED) is 0.293. The van der Waals surface area contributed by atoms with E-state index in [-0.39, 0.29) is 11.6 Å². The maximum atomic E-state index is 14.1. The van der Waals surface area contributed by atoms with Gasteiger partial charge in [-0.1, -0.05) is 48.0 Å². The van der Waals surface area contributed by atoms with Crippen molar-refractivity contribution in [3.63, 3.8) is 0 Å². The number of hydrogen-bond donors (Lipinski definition) is 0. The average molecular weight is 490 g/mol. The van der Waals surface area contributed by atoms with Crippen LogP contribution in [0.3, 0.4) is 0 Å². The Balaban J connectivity index is 1.27. The van der Waals surface area contributed by atoms with E-state index in [1.165, 1.54) is 18.2 Å². The van der Waals surface area contributed by atoms with Crippen LogP contribution in [0.5, 0.6) is 0 Å². The highest BCUT2D eigenvalue weighted by molar-refractivity contribution is 6.29. The summed E-state index contributed by atoms with van der Waals surface area (Å²) in [4.78, 5) is 19.7. The van der Waals surface area contributed by atoms with Crippen LogP contribution >= 0.6 is 11.6 Å². The number of benzene rings is 2. The molecule has 0 saturated carbocycles. The third-order valence-electron chi connectivity index (χ3n) is 6.03. The molecule has 8 heteroatoms. The van der Waals surface area contributed by atoms with Crippen LogP contribution in [0.15, 0.2) is 78.2 Å². The summed E-state index contributed by atoms with van der Waals surface area (Å²) in [5.74, 6) is -0.536. The molecule has 1 aliphatic rings. The molecule has 0 saturated heterocycles. The van der Waals surface area contributed by atoms with Crippen molar-refractivity contribution < 1.29 is 8.78 Å². The number of pyridine rings is 1. The summed E-state index contributed by atoms with van der Waals surface area (Å²) in [6.07, 6.45) is 6.58. The molecule has 2 aromatic heterocycles. The monoisotopic (exact) mass is 489 g/mol. The van der Waals surface area contributed by atoms with Gasteiger partial charge in [0.15, 0.2) is 0 Å². The Bertz CT molecular complexity index is 1340. The fraction of sp³-hybridized carbons (Fsp3) is 0.185. The molecule has 0 spiro atoms. The van der Waals surface area contributed by atoms with Crippen LogP contribution in [0.1, 0.15) is 35.6 Å². The van der Waals surface area contributed by atoms with E-state index in [4.69, 9.17) is 11.6 Å². The highest BCUT2D eigenvalue weighted by atomic mass is 35.5. The molecule has 35 heavy (non-hydrogen) atoms. The SMILES string of the molecule is CN(Cc1ccc(Cl)nc1)c1ncc(-c2ccc(C3CCC(c4c(F)cccc4F)=N3)cc2)cn1. The van der Waals surface area contributed by atoms with Gasteiger partial charge in [-0.15, -0.1) is 0 Å². The molecule has 1 unspecified atom stereocenters. The van der Waals surface area contributed by atoms with Gasteiger partial charge in [0.1, 0.15) is 16.8 Å². The van der Waals surface area contributed by atoms with Gasteiger partial charge in [0.2, 0.25) is 5.95 Å². The number of aliphatic imine (C=N–C) groups is 1. The lowest BCUT2D eigenvalue weighted by Gasteiger charge is -2.17.